The van der Waals surface area contributed by atoms with E-state index in [1.54, 1.807) is 35.6 Å². The lowest BCUT2D eigenvalue weighted by Gasteiger charge is -2.18. The van der Waals surface area contributed by atoms with Crippen LogP contribution in [-0.2, 0) is 17.8 Å². The van der Waals surface area contributed by atoms with E-state index in [-0.39, 0.29) is 11.7 Å². The number of benzene rings is 2. The van der Waals surface area contributed by atoms with Crippen molar-refractivity contribution in [3.63, 3.8) is 0 Å². The van der Waals surface area contributed by atoms with Crippen molar-refractivity contribution < 1.29 is 9.59 Å². The van der Waals surface area contributed by atoms with Gasteiger partial charge in [-0.15, -0.1) is 11.3 Å². The standard InChI is InChI=1S/C26H22ClN3O2S/c1-16-18(12-13-33-16)14-24(31)28-20-8-6-17(7-9-20)26(32)25-22-10-11-23(27)30(22)15-19-4-2-3-5-21(19)29-25/h2-13,25,29H,14-15H2,1H3,(H,28,31). The lowest BCUT2D eigenvalue weighted by Crippen LogP contribution is -2.22. The molecule has 1 unspecified atom stereocenters. The van der Waals surface area contributed by atoms with Gasteiger partial charge in [0.1, 0.15) is 11.2 Å². The first-order valence-corrected chi connectivity index (χ1v) is 11.9. The number of carbonyl (C=O) groups is 2. The molecule has 7 heteroatoms. The fourth-order valence-electron chi connectivity index (χ4n) is 4.13. The van der Waals surface area contributed by atoms with Gasteiger partial charge in [0.05, 0.1) is 13.0 Å². The Hall–Kier alpha value is -3.35. The minimum Gasteiger partial charge on any atom is -0.370 e. The Kier molecular flexibility index (Phi) is 5.79. The number of rotatable bonds is 5. The minimum atomic E-state index is -0.567. The summed E-state index contributed by atoms with van der Waals surface area (Å²) in [6.07, 6.45) is 0.333. The summed E-state index contributed by atoms with van der Waals surface area (Å²) >= 11 is 8.06. The molecule has 1 aliphatic rings. The first-order chi connectivity index (χ1) is 16.0. The van der Waals surface area contributed by atoms with E-state index in [4.69, 9.17) is 11.6 Å². The summed E-state index contributed by atoms with van der Waals surface area (Å²) in [6.45, 7) is 2.61. The Morgan fingerprint density at radius 3 is 2.64 bits per heavy atom. The van der Waals surface area contributed by atoms with Crippen molar-refractivity contribution in [1.82, 2.24) is 4.57 Å². The predicted molar refractivity (Wildman–Crippen MR) is 134 cm³/mol. The lowest BCUT2D eigenvalue weighted by molar-refractivity contribution is -0.115. The summed E-state index contributed by atoms with van der Waals surface area (Å²) in [5.41, 5.74) is 5.07. The van der Waals surface area contributed by atoms with Gasteiger partial charge in [0, 0.05) is 27.5 Å². The SMILES string of the molecule is Cc1sccc1CC(=O)Nc1ccc(C(=O)C2Nc3ccccc3Cn3c(Cl)ccc32)cc1. The van der Waals surface area contributed by atoms with Crippen molar-refractivity contribution in [1.29, 1.82) is 0 Å². The second-order valence-corrected chi connectivity index (χ2v) is 9.58. The van der Waals surface area contributed by atoms with Gasteiger partial charge in [-0.05, 0) is 72.0 Å². The molecule has 0 fully saturated rings. The Morgan fingerprint density at radius 2 is 1.88 bits per heavy atom. The minimum absolute atomic E-state index is 0.0607. The van der Waals surface area contributed by atoms with Crippen molar-refractivity contribution >= 4 is 46.0 Å². The summed E-state index contributed by atoms with van der Waals surface area (Å²) in [7, 11) is 0. The van der Waals surface area contributed by atoms with Crippen molar-refractivity contribution in [2.24, 2.45) is 0 Å². The first-order valence-electron chi connectivity index (χ1n) is 10.7. The number of para-hydroxylation sites is 1. The number of anilines is 2. The van der Waals surface area contributed by atoms with E-state index in [0.29, 0.717) is 29.4 Å². The number of hydrogen-bond acceptors (Lipinski definition) is 4. The van der Waals surface area contributed by atoms with Gasteiger partial charge in [-0.25, -0.2) is 0 Å². The van der Waals surface area contributed by atoms with Crippen LogP contribution in [0, 0.1) is 6.92 Å². The Bertz CT molecular complexity index is 1340. The smallest absolute Gasteiger partial charge is 0.228 e. The Labute approximate surface area is 201 Å². The van der Waals surface area contributed by atoms with Crippen LogP contribution in [-0.4, -0.2) is 16.3 Å². The number of hydrogen-bond donors (Lipinski definition) is 2. The van der Waals surface area contributed by atoms with Gasteiger partial charge in [0.2, 0.25) is 5.91 Å². The molecule has 33 heavy (non-hydrogen) atoms. The van der Waals surface area contributed by atoms with Crippen molar-refractivity contribution in [3.05, 3.63) is 105 Å². The molecule has 1 aliphatic heterocycles. The second kappa shape index (κ2) is 8.89. The number of thiophene rings is 1. The predicted octanol–water partition coefficient (Wildman–Crippen LogP) is 6.09. The van der Waals surface area contributed by atoms with Crippen LogP contribution in [0.1, 0.15) is 38.1 Å². The molecule has 0 aliphatic carbocycles. The summed E-state index contributed by atoms with van der Waals surface area (Å²) in [6, 6.07) is 20.1. The highest BCUT2D eigenvalue weighted by molar-refractivity contribution is 7.10. The van der Waals surface area contributed by atoms with E-state index < -0.39 is 6.04 Å². The maximum Gasteiger partial charge on any atom is 0.228 e. The molecule has 4 aromatic rings. The molecule has 5 nitrogen and oxygen atoms in total. The van der Waals surface area contributed by atoms with E-state index in [9.17, 15) is 9.59 Å². The largest absolute Gasteiger partial charge is 0.370 e. The monoisotopic (exact) mass is 475 g/mol. The Balaban J connectivity index is 1.36. The molecule has 0 radical (unpaired) electrons. The van der Waals surface area contributed by atoms with Crippen molar-refractivity contribution in [3.8, 4) is 0 Å². The molecule has 5 rings (SSSR count). The molecule has 166 valence electrons. The first kappa shape index (κ1) is 21.5. The van der Waals surface area contributed by atoms with Crippen LogP contribution in [0.3, 0.4) is 0 Å². The van der Waals surface area contributed by atoms with Crippen LogP contribution in [0.2, 0.25) is 5.15 Å². The van der Waals surface area contributed by atoms with Gasteiger partial charge in [-0.2, -0.15) is 0 Å². The number of carbonyl (C=O) groups excluding carboxylic acids is 2. The zero-order valence-electron chi connectivity index (χ0n) is 18.0. The van der Waals surface area contributed by atoms with E-state index in [1.165, 1.54) is 0 Å². The molecule has 1 atom stereocenters. The lowest BCUT2D eigenvalue weighted by atomic mass is 10.0. The Morgan fingerprint density at radius 1 is 1.09 bits per heavy atom. The van der Waals surface area contributed by atoms with Crippen LogP contribution in [0.4, 0.5) is 11.4 Å². The highest BCUT2D eigenvalue weighted by Gasteiger charge is 2.29. The van der Waals surface area contributed by atoms with Gasteiger partial charge in [-0.3, -0.25) is 9.59 Å². The van der Waals surface area contributed by atoms with Crippen LogP contribution in [0.5, 0.6) is 0 Å². The summed E-state index contributed by atoms with van der Waals surface area (Å²) in [5.74, 6) is -0.139. The van der Waals surface area contributed by atoms with E-state index in [2.05, 4.69) is 10.6 Å². The van der Waals surface area contributed by atoms with Gasteiger partial charge in [0.15, 0.2) is 5.78 Å². The zero-order valence-corrected chi connectivity index (χ0v) is 19.5. The molecule has 2 N–H and O–H groups in total. The maximum absolute atomic E-state index is 13.5. The van der Waals surface area contributed by atoms with Crippen LogP contribution >= 0.6 is 22.9 Å². The molecular weight excluding hydrogens is 454 g/mol. The average molecular weight is 476 g/mol. The molecular formula is C26H22ClN3O2S. The number of aromatic nitrogens is 1. The molecule has 2 aromatic carbocycles. The highest BCUT2D eigenvalue weighted by Crippen LogP contribution is 2.33. The molecule has 2 aromatic heterocycles. The van der Waals surface area contributed by atoms with Gasteiger partial charge in [-0.1, -0.05) is 29.8 Å². The third-order valence-corrected chi connectivity index (χ3v) is 7.15. The van der Waals surface area contributed by atoms with Crippen LogP contribution < -0.4 is 10.6 Å². The van der Waals surface area contributed by atoms with Crippen LogP contribution in [0.25, 0.3) is 0 Å². The summed E-state index contributed by atoms with van der Waals surface area (Å²) < 4.78 is 1.96. The molecule has 3 heterocycles. The number of Topliss-reactive ketones (excluding diaryl/α,β-unsaturated/α-hetero) is 1. The van der Waals surface area contributed by atoms with E-state index >= 15 is 0 Å². The molecule has 0 spiro atoms. The molecule has 0 bridgehead atoms. The number of halogens is 1. The summed E-state index contributed by atoms with van der Waals surface area (Å²) in [4.78, 5) is 27.1. The summed E-state index contributed by atoms with van der Waals surface area (Å²) in [5, 5.41) is 8.90. The highest BCUT2D eigenvalue weighted by atomic mass is 35.5. The van der Waals surface area contributed by atoms with Crippen molar-refractivity contribution in [2.45, 2.75) is 25.9 Å². The maximum atomic E-state index is 13.5. The topological polar surface area (TPSA) is 63.1 Å². The number of nitrogens with one attached hydrogen (secondary N) is 2. The van der Waals surface area contributed by atoms with E-state index in [1.807, 2.05) is 59.3 Å². The second-order valence-electron chi connectivity index (χ2n) is 8.07. The molecule has 0 saturated carbocycles. The number of aryl methyl sites for hydroxylation is 1. The zero-order chi connectivity index (χ0) is 22.9. The molecule has 0 saturated heterocycles. The average Bonchev–Trinajstić information content (AvgIpc) is 3.32. The van der Waals surface area contributed by atoms with Crippen LogP contribution in [0.15, 0.2) is 72.1 Å². The third kappa shape index (κ3) is 4.32. The third-order valence-electron chi connectivity index (χ3n) is 5.94. The normalized spacial score (nSPS) is 14.5. The van der Waals surface area contributed by atoms with Crippen molar-refractivity contribution in [2.75, 3.05) is 10.6 Å². The quantitative estimate of drug-likeness (QED) is 0.343. The van der Waals surface area contributed by atoms with Gasteiger partial charge in [0.25, 0.3) is 0 Å². The number of nitrogens with zero attached hydrogens (tertiary/aromatic N) is 1. The number of ketones is 1. The van der Waals surface area contributed by atoms with Gasteiger partial charge >= 0.3 is 0 Å². The fraction of sp³-hybridized carbons (Fsp3) is 0.154. The molecule has 1 amide bonds. The number of amides is 1. The van der Waals surface area contributed by atoms with E-state index in [0.717, 1.165) is 27.4 Å². The number of fused-ring (bicyclic) bond motifs is 2. The fourth-order valence-corrected chi connectivity index (χ4v) is 5.08. The van der Waals surface area contributed by atoms with Gasteiger partial charge < -0.3 is 15.2 Å².